The fourth-order valence-electron chi connectivity index (χ4n) is 2.56. The zero-order valence-corrected chi connectivity index (χ0v) is 14.4. The minimum atomic E-state index is -0.298. The van der Waals surface area contributed by atoms with Crippen molar-refractivity contribution in [3.05, 3.63) is 23.3 Å². The highest BCUT2D eigenvalue weighted by molar-refractivity contribution is 5.89. The van der Waals surface area contributed by atoms with Crippen molar-refractivity contribution in [2.24, 2.45) is 0 Å². The molecule has 6 heteroatoms. The van der Waals surface area contributed by atoms with E-state index in [-0.39, 0.29) is 25.2 Å². The molecule has 6 nitrogen and oxygen atoms in total. The van der Waals surface area contributed by atoms with Crippen molar-refractivity contribution < 1.29 is 28.9 Å². The minimum Gasteiger partial charge on any atom is -0.449 e. The van der Waals surface area contributed by atoms with Crippen molar-refractivity contribution in [2.45, 2.75) is 12.8 Å². The van der Waals surface area contributed by atoms with E-state index in [4.69, 9.17) is 9.47 Å². The molecule has 0 bridgehead atoms. The van der Waals surface area contributed by atoms with Crippen LogP contribution in [0.2, 0.25) is 0 Å². The summed E-state index contributed by atoms with van der Waals surface area (Å²) in [5.41, 5.74) is 1.45. The average Bonchev–Trinajstić information content (AvgIpc) is 2.58. The third kappa shape index (κ3) is 5.84. The monoisotopic (exact) mass is 334 g/mol. The van der Waals surface area contributed by atoms with Gasteiger partial charge in [0.2, 0.25) is 0 Å². The summed E-state index contributed by atoms with van der Waals surface area (Å²) in [6.45, 7) is 3.62. The maximum atomic E-state index is 11.8. The van der Waals surface area contributed by atoms with Crippen LogP contribution in [0.25, 0.3) is 0 Å². The Labute approximate surface area is 143 Å². The predicted octanol–water partition coefficient (Wildman–Crippen LogP) is -2.23. The molecular formula is C18H26N2O4+2. The minimum absolute atomic E-state index is 0.0211. The molecule has 2 heterocycles. The third-order valence-corrected chi connectivity index (χ3v) is 4.24. The topological polar surface area (TPSA) is 61.5 Å². The second kappa shape index (κ2) is 9.26. The number of nitrogens with one attached hydrogen (secondary N) is 2. The summed E-state index contributed by atoms with van der Waals surface area (Å²) in [5, 5.41) is 0. The molecule has 0 aromatic rings. The van der Waals surface area contributed by atoms with Gasteiger partial charge in [0.1, 0.15) is 0 Å². The van der Waals surface area contributed by atoms with Crippen molar-refractivity contribution in [3.63, 3.8) is 0 Å². The smallest absolute Gasteiger partial charge is 0.335 e. The van der Waals surface area contributed by atoms with Gasteiger partial charge in [0, 0.05) is 24.0 Å². The normalized spacial score (nSPS) is 23.2. The van der Waals surface area contributed by atoms with Gasteiger partial charge in [0.05, 0.1) is 40.3 Å². The summed E-state index contributed by atoms with van der Waals surface area (Å²) in [5.74, 6) is 4.81. The van der Waals surface area contributed by atoms with Gasteiger partial charge in [0.15, 0.2) is 13.2 Å². The first kappa shape index (κ1) is 18.2. The molecule has 0 amide bonds. The molecule has 2 unspecified atom stereocenters. The molecule has 0 saturated heterocycles. The number of hydrogen-bond donors (Lipinski definition) is 2. The molecule has 0 aliphatic carbocycles. The molecule has 2 atom stereocenters. The van der Waals surface area contributed by atoms with Crippen molar-refractivity contribution in [2.75, 3.05) is 53.5 Å². The summed E-state index contributed by atoms with van der Waals surface area (Å²) in [7, 11) is 4.18. The van der Waals surface area contributed by atoms with Gasteiger partial charge in [-0.2, -0.15) is 0 Å². The van der Waals surface area contributed by atoms with Gasteiger partial charge in [-0.1, -0.05) is 11.8 Å². The van der Waals surface area contributed by atoms with Crippen LogP contribution in [0, 0.1) is 11.8 Å². The highest BCUT2D eigenvalue weighted by Gasteiger charge is 2.18. The fraction of sp³-hybridized carbons (Fsp3) is 0.556. The Morgan fingerprint density at radius 1 is 0.917 bits per heavy atom. The van der Waals surface area contributed by atoms with Crippen molar-refractivity contribution in [1.29, 1.82) is 0 Å². The number of quaternary nitrogens is 2. The molecule has 0 saturated carbocycles. The van der Waals surface area contributed by atoms with E-state index in [0.717, 1.165) is 50.2 Å². The van der Waals surface area contributed by atoms with E-state index in [0.29, 0.717) is 0 Å². The highest BCUT2D eigenvalue weighted by atomic mass is 16.5. The van der Waals surface area contributed by atoms with Crippen LogP contribution in [0.1, 0.15) is 12.8 Å². The first-order chi connectivity index (χ1) is 11.6. The Morgan fingerprint density at radius 3 is 1.67 bits per heavy atom. The van der Waals surface area contributed by atoms with E-state index in [1.807, 2.05) is 12.2 Å². The SMILES string of the molecule is C[NH+]1CC=C(C(=O)OCC#CCOC(=O)C2=CC[NH+](C)CC2)CC1. The van der Waals surface area contributed by atoms with E-state index < -0.39 is 0 Å². The zero-order chi connectivity index (χ0) is 17.4. The quantitative estimate of drug-likeness (QED) is 0.451. The van der Waals surface area contributed by atoms with Crippen LogP contribution in [-0.4, -0.2) is 65.4 Å². The van der Waals surface area contributed by atoms with Crippen LogP contribution >= 0.6 is 0 Å². The van der Waals surface area contributed by atoms with Crippen LogP contribution in [0.15, 0.2) is 23.3 Å². The lowest BCUT2D eigenvalue weighted by Gasteiger charge is -2.18. The number of ether oxygens (including phenoxy) is 2. The first-order valence-corrected chi connectivity index (χ1v) is 8.37. The maximum absolute atomic E-state index is 11.8. The number of rotatable bonds is 4. The summed E-state index contributed by atoms with van der Waals surface area (Å²) in [6.07, 6.45) is 5.32. The number of carbonyl (C=O) groups is 2. The van der Waals surface area contributed by atoms with Crippen LogP contribution in [0.3, 0.4) is 0 Å². The Kier molecular flexibility index (Phi) is 7.04. The Bertz CT molecular complexity index is 548. The summed E-state index contributed by atoms with van der Waals surface area (Å²) >= 11 is 0. The lowest BCUT2D eigenvalue weighted by molar-refractivity contribution is -0.874. The molecular weight excluding hydrogens is 308 g/mol. The number of esters is 2. The van der Waals surface area contributed by atoms with Crippen LogP contribution < -0.4 is 9.80 Å². The fourth-order valence-corrected chi connectivity index (χ4v) is 2.56. The molecule has 2 aliphatic rings. The third-order valence-electron chi connectivity index (χ3n) is 4.24. The van der Waals surface area contributed by atoms with E-state index >= 15 is 0 Å². The van der Waals surface area contributed by atoms with Gasteiger partial charge < -0.3 is 19.3 Å². The van der Waals surface area contributed by atoms with Gasteiger partial charge in [-0.05, 0) is 12.2 Å². The summed E-state index contributed by atoms with van der Waals surface area (Å²) in [6, 6.07) is 0. The van der Waals surface area contributed by atoms with Crippen molar-refractivity contribution >= 4 is 11.9 Å². The zero-order valence-electron chi connectivity index (χ0n) is 14.4. The van der Waals surface area contributed by atoms with E-state index in [9.17, 15) is 9.59 Å². The molecule has 2 aliphatic heterocycles. The van der Waals surface area contributed by atoms with Gasteiger partial charge in [-0.25, -0.2) is 9.59 Å². The van der Waals surface area contributed by atoms with Crippen LogP contribution in [0.4, 0.5) is 0 Å². The van der Waals surface area contributed by atoms with Gasteiger partial charge in [-0.15, -0.1) is 0 Å². The molecule has 2 rings (SSSR count). The summed E-state index contributed by atoms with van der Waals surface area (Å²) < 4.78 is 10.2. The molecule has 0 spiro atoms. The molecule has 0 fully saturated rings. The molecule has 130 valence electrons. The summed E-state index contributed by atoms with van der Waals surface area (Å²) in [4.78, 5) is 26.4. The lowest BCUT2D eigenvalue weighted by Crippen LogP contribution is -3.09. The lowest BCUT2D eigenvalue weighted by atomic mass is 10.1. The van der Waals surface area contributed by atoms with E-state index in [2.05, 4.69) is 25.9 Å². The number of likely N-dealkylation sites (N-methyl/N-ethyl adjacent to an activating group) is 2. The number of hydrogen-bond acceptors (Lipinski definition) is 4. The standard InChI is InChI=1S/C18H24N2O4/c1-19-9-5-15(6-10-19)17(21)23-13-3-4-14-24-18(22)16-7-11-20(2)12-8-16/h5,7H,6,8-14H2,1-2H3/p+2. The Balaban J connectivity index is 1.64. The van der Waals surface area contributed by atoms with Gasteiger partial charge >= 0.3 is 11.9 Å². The Morgan fingerprint density at radius 2 is 1.33 bits per heavy atom. The molecule has 2 N–H and O–H groups in total. The second-order valence-electron chi connectivity index (χ2n) is 6.29. The van der Waals surface area contributed by atoms with Crippen molar-refractivity contribution in [1.82, 2.24) is 0 Å². The molecule has 0 radical (unpaired) electrons. The van der Waals surface area contributed by atoms with E-state index in [1.165, 1.54) is 9.80 Å². The molecule has 0 aromatic heterocycles. The maximum Gasteiger partial charge on any atom is 0.335 e. The van der Waals surface area contributed by atoms with E-state index in [1.54, 1.807) is 0 Å². The molecule has 24 heavy (non-hydrogen) atoms. The van der Waals surface area contributed by atoms with Gasteiger partial charge in [-0.3, -0.25) is 0 Å². The van der Waals surface area contributed by atoms with Crippen LogP contribution in [-0.2, 0) is 19.1 Å². The average molecular weight is 334 g/mol. The van der Waals surface area contributed by atoms with Crippen LogP contribution in [0.5, 0.6) is 0 Å². The van der Waals surface area contributed by atoms with Crippen molar-refractivity contribution in [3.8, 4) is 11.8 Å². The predicted molar refractivity (Wildman–Crippen MR) is 88.3 cm³/mol. The molecule has 0 aromatic carbocycles. The number of carbonyl (C=O) groups excluding carboxylic acids is 2. The highest BCUT2D eigenvalue weighted by Crippen LogP contribution is 2.05. The largest absolute Gasteiger partial charge is 0.449 e. The Hall–Kier alpha value is -2.10. The second-order valence-corrected chi connectivity index (χ2v) is 6.29. The van der Waals surface area contributed by atoms with Gasteiger partial charge in [0.25, 0.3) is 0 Å². The first-order valence-electron chi connectivity index (χ1n) is 8.37.